The molecule has 0 aliphatic heterocycles. The number of nitrogens with zero attached hydrogens (tertiary/aromatic N) is 1. The van der Waals surface area contributed by atoms with Gasteiger partial charge in [-0.05, 0) is 11.0 Å². The molecule has 0 spiro atoms. The number of nitrogens with one attached hydrogen (secondary N) is 1. The second-order valence-corrected chi connectivity index (χ2v) is 7.81. The largest absolute Gasteiger partial charge is 0.480 e. The van der Waals surface area contributed by atoms with E-state index in [4.69, 9.17) is 0 Å². The van der Waals surface area contributed by atoms with Gasteiger partial charge < -0.3 is 5.11 Å². The second kappa shape index (κ2) is 6.55. The summed E-state index contributed by atoms with van der Waals surface area (Å²) in [7, 11) is -2.47. The van der Waals surface area contributed by atoms with Crippen molar-refractivity contribution >= 4 is 16.2 Å². The van der Waals surface area contributed by atoms with Crippen LogP contribution in [-0.2, 0) is 21.5 Å². The fourth-order valence-corrected chi connectivity index (χ4v) is 3.01. The van der Waals surface area contributed by atoms with Crippen LogP contribution in [0.15, 0.2) is 30.3 Å². The Kier molecular flexibility index (Phi) is 5.49. The molecule has 118 valence electrons. The quantitative estimate of drug-likeness (QED) is 0.832. The summed E-state index contributed by atoms with van der Waals surface area (Å²) in [6.45, 7) is 5.19. The Labute approximate surface area is 126 Å². The zero-order chi connectivity index (χ0) is 16.3. The minimum atomic E-state index is -3.88. The summed E-state index contributed by atoms with van der Waals surface area (Å²) in [5, 5.41) is 9.20. The maximum Gasteiger partial charge on any atom is 0.322 e. The molecule has 0 aliphatic rings. The molecule has 0 unspecified atom stereocenters. The SMILES string of the molecule is CN(Cc1ccccc1)S(=O)(=O)N[C@H](C(=O)O)C(C)(C)C. The monoisotopic (exact) mass is 314 g/mol. The molecule has 0 radical (unpaired) electrons. The Hall–Kier alpha value is -1.44. The van der Waals surface area contributed by atoms with Gasteiger partial charge in [-0.15, -0.1) is 0 Å². The molecule has 0 aliphatic carbocycles. The number of carboxylic acids is 1. The van der Waals surface area contributed by atoms with Crippen LogP contribution in [0, 0.1) is 5.41 Å². The van der Waals surface area contributed by atoms with Crippen molar-refractivity contribution in [3.63, 3.8) is 0 Å². The predicted molar refractivity (Wildman–Crippen MR) is 80.8 cm³/mol. The topological polar surface area (TPSA) is 86.7 Å². The molecule has 1 rings (SSSR count). The zero-order valence-electron chi connectivity index (χ0n) is 12.7. The van der Waals surface area contributed by atoms with Gasteiger partial charge in [0.05, 0.1) is 0 Å². The first-order valence-corrected chi connectivity index (χ1v) is 7.98. The molecule has 2 N–H and O–H groups in total. The molecule has 0 heterocycles. The van der Waals surface area contributed by atoms with Gasteiger partial charge in [-0.1, -0.05) is 51.1 Å². The molecular weight excluding hydrogens is 292 g/mol. The van der Waals surface area contributed by atoms with E-state index in [1.165, 1.54) is 7.05 Å². The average molecular weight is 314 g/mol. The van der Waals surface area contributed by atoms with E-state index in [1.807, 2.05) is 30.3 Å². The standard InChI is InChI=1S/C14H22N2O4S/c1-14(2,3)12(13(17)18)15-21(19,20)16(4)10-11-8-6-5-7-9-11/h5-9,12,15H,10H2,1-4H3,(H,17,18)/t12-/m1/s1. The summed E-state index contributed by atoms with van der Waals surface area (Å²) in [5.74, 6) is -1.20. The van der Waals surface area contributed by atoms with Gasteiger partial charge in [0.1, 0.15) is 6.04 Å². The molecule has 1 aromatic carbocycles. The van der Waals surface area contributed by atoms with E-state index in [0.717, 1.165) is 9.87 Å². The second-order valence-electron chi connectivity index (χ2n) is 6.00. The highest BCUT2D eigenvalue weighted by Gasteiger charge is 2.36. The Bertz CT molecular complexity index is 579. The van der Waals surface area contributed by atoms with Crippen LogP contribution in [0.5, 0.6) is 0 Å². The molecule has 0 saturated heterocycles. The number of rotatable bonds is 6. The summed E-state index contributed by atoms with van der Waals surface area (Å²) in [4.78, 5) is 11.3. The van der Waals surface area contributed by atoms with Crippen LogP contribution in [-0.4, -0.2) is 36.9 Å². The third kappa shape index (κ3) is 5.11. The van der Waals surface area contributed by atoms with Gasteiger partial charge in [0, 0.05) is 13.6 Å². The van der Waals surface area contributed by atoms with E-state index in [-0.39, 0.29) is 6.54 Å². The van der Waals surface area contributed by atoms with E-state index < -0.39 is 27.6 Å². The molecular formula is C14H22N2O4S. The number of hydrogen-bond donors (Lipinski definition) is 2. The van der Waals surface area contributed by atoms with Gasteiger partial charge in [0.15, 0.2) is 0 Å². The number of carboxylic acid groups (broad SMARTS) is 1. The summed E-state index contributed by atoms with van der Waals surface area (Å²) in [5.41, 5.74) is 0.0972. The molecule has 21 heavy (non-hydrogen) atoms. The minimum Gasteiger partial charge on any atom is -0.480 e. The van der Waals surface area contributed by atoms with Gasteiger partial charge in [0.2, 0.25) is 0 Å². The van der Waals surface area contributed by atoms with Gasteiger partial charge in [-0.3, -0.25) is 4.79 Å². The highest BCUT2D eigenvalue weighted by atomic mass is 32.2. The van der Waals surface area contributed by atoms with E-state index in [0.29, 0.717) is 0 Å². The summed E-state index contributed by atoms with van der Waals surface area (Å²) in [6, 6.07) is 7.91. The molecule has 0 amide bonds. The summed E-state index contributed by atoms with van der Waals surface area (Å²) >= 11 is 0. The lowest BCUT2D eigenvalue weighted by Crippen LogP contribution is -2.52. The molecule has 6 nitrogen and oxygen atoms in total. The van der Waals surface area contributed by atoms with Crippen LogP contribution in [0.2, 0.25) is 0 Å². The summed E-state index contributed by atoms with van der Waals surface area (Å²) in [6.07, 6.45) is 0. The van der Waals surface area contributed by atoms with E-state index in [2.05, 4.69) is 4.72 Å². The van der Waals surface area contributed by atoms with Gasteiger partial charge in [-0.25, -0.2) is 0 Å². The number of aliphatic carboxylic acids is 1. The van der Waals surface area contributed by atoms with Crippen molar-refractivity contribution < 1.29 is 18.3 Å². The van der Waals surface area contributed by atoms with Crippen LogP contribution >= 0.6 is 0 Å². The Morgan fingerprint density at radius 1 is 1.29 bits per heavy atom. The van der Waals surface area contributed by atoms with Crippen molar-refractivity contribution in [2.75, 3.05) is 7.05 Å². The van der Waals surface area contributed by atoms with Crippen molar-refractivity contribution in [3.8, 4) is 0 Å². The minimum absolute atomic E-state index is 0.173. The van der Waals surface area contributed by atoms with Crippen molar-refractivity contribution in [2.45, 2.75) is 33.4 Å². The average Bonchev–Trinajstić information content (AvgIpc) is 2.35. The fourth-order valence-electron chi connectivity index (χ4n) is 1.76. The smallest absolute Gasteiger partial charge is 0.322 e. The van der Waals surface area contributed by atoms with E-state index >= 15 is 0 Å². The van der Waals surface area contributed by atoms with Crippen LogP contribution in [0.4, 0.5) is 0 Å². The van der Waals surface area contributed by atoms with Crippen LogP contribution in [0.25, 0.3) is 0 Å². The number of hydrogen-bond acceptors (Lipinski definition) is 3. The molecule has 0 aromatic heterocycles. The highest BCUT2D eigenvalue weighted by molar-refractivity contribution is 7.87. The molecule has 0 fully saturated rings. The normalized spacial score (nSPS) is 14.1. The van der Waals surface area contributed by atoms with Crippen LogP contribution in [0.3, 0.4) is 0 Å². The predicted octanol–water partition coefficient (Wildman–Crippen LogP) is 1.45. The number of benzene rings is 1. The summed E-state index contributed by atoms with van der Waals surface area (Å²) < 4.78 is 27.8. The molecule has 1 atom stereocenters. The third-order valence-corrected chi connectivity index (χ3v) is 4.52. The molecule has 0 saturated carbocycles. The van der Waals surface area contributed by atoms with Crippen molar-refractivity contribution in [2.24, 2.45) is 5.41 Å². The Morgan fingerprint density at radius 2 is 1.81 bits per heavy atom. The lowest BCUT2D eigenvalue weighted by atomic mass is 9.88. The van der Waals surface area contributed by atoms with Crippen molar-refractivity contribution in [1.29, 1.82) is 0 Å². The molecule has 7 heteroatoms. The first kappa shape index (κ1) is 17.6. The van der Waals surface area contributed by atoms with Crippen molar-refractivity contribution in [1.82, 2.24) is 9.03 Å². The maximum absolute atomic E-state index is 12.2. The Morgan fingerprint density at radius 3 is 2.24 bits per heavy atom. The van der Waals surface area contributed by atoms with Gasteiger partial charge >= 0.3 is 5.97 Å². The third-order valence-electron chi connectivity index (χ3n) is 3.04. The number of carbonyl (C=O) groups is 1. The molecule has 0 bridgehead atoms. The maximum atomic E-state index is 12.2. The molecule has 1 aromatic rings. The first-order valence-electron chi connectivity index (χ1n) is 6.54. The first-order chi connectivity index (χ1) is 9.54. The lowest BCUT2D eigenvalue weighted by molar-refractivity contribution is -0.141. The Balaban J connectivity index is 2.87. The fraction of sp³-hybridized carbons (Fsp3) is 0.500. The van der Waals surface area contributed by atoms with Crippen molar-refractivity contribution in [3.05, 3.63) is 35.9 Å². The van der Waals surface area contributed by atoms with Crippen LogP contribution in [0.1, 0.15) is 26.3 Å². The zero-order valence-corrected chi connectivity index (χ0v) is 13.5. The van der Waals surface area contributed by atoms with Gasteiger partial charge in [-0.2, -0.15) is 17.4 Å². The van der Waals surface area contributed by atoms with E-state index in [9.17, 15) is 18.3 Å². The lowest BCUT2D eigenvalue weighted by Gasteiger charge is -2.29. The highest BCUT2D eigenvalue weighted by Crippen LogP contribution is 2.21. The van der Waals surface area contributed by atoms with Crippen LogP contribution < -0.4 is 4.72 Å². The van der Waals surface area contributed by atoms with E-state index in [1.54, 1.807) is 20.8 Å². The van der Waals surface area contributed by atoms with Gasteiger partial charge in [0.25, 0.3) is 10.2 Å².